The molecule has 0 aliphatic carbocycles. The van der Waals surface area contributed by atoms with E-state index in [1.807, 2.05) is 6.92 Å². The molecule has 2 nitrogen and oxygen atoms in total. The Morgan fingerprint density at radius 2 is 1.94 bits per heavy atom. The lowest BCUT2D eigenvalue weighted by atomic mass is 10.2. The van der Waals surface area contributed by atoms with Gasteiger partial charge in [0.1, 0.15) is 17.3 Å². The second-order valence-corrected chi connectivity index (χ2v) is 4.79. The Morgan fingerprint density at radius 3 is 2.61 bits per heavy atom. The Kier molecular flexibility index (Phi) is 3.99. The van der Waals surface area contributed by atoms with Crippen molar-refractivity contribution in [1.82, 2.24) is 0 Å². The van der Waals surface area contributed by atoms with Gasteiger partial charge in [-0.1, -0.05) is 12.1 Å². The van der Waals surface area contributed by atoms with Crippen molar-refractivity contribution in [2.75, 3.05) is 0 Å². The Balaban J connectivity index is 2.31. The zero-order valence-corrected chi connectivity index (χ0v) is 11.4. The summed E-state index contributed by atoms with van der Waals surface area (Å²) in [5.41, 5.74) is 1.64. The van der Waals surface area contributed by atoms with Crippen LogP contribution in [0.2, 0.25) is 0 Å². The Hall–Kier alpha value is -1.39. The summed E-state index contributed by atoms with van der Waals surface area (Å²) in [5, 5.41) is 9.01. The van der Waals surface area contributed by atoms with Crippen molar-refractivity contribution in [3.63, 3.8) is 0 Å². The number of halogens is 2. The molecule has 0 heterocycles. The van der Waals surface area contributed by atoms with Gasteiger partial charge in [-0.3, -0.25) is 0 Å². The first kappa shape index (κ1) is 13.1. The third-order valence-electron chi connectivity index (χ3n) is 2.55. The largest absolute Gasteiger partial charge is 0.456 e. The van der Waals surface area contributed by atoms with Crippen molar-refractivity contribution in [2.45, 2.75) is 13.5 Å². The quantitative estimate of drug-likeness (QED) is 0.921. The summed E-state index contributed by atoms with van der Waals surface area (Å²) in [6, 6.07) is 9.67. The molecular weight excluding hydrogens is 299 g/mol. The van der Waals surface area contributed by atoms with E-state index in [1.54, 1.807) is 24.3 Å². The van der Waals surface area contributed by atoms with Crippen LogP contribution in [0.25, 0.3) is 0 Å². The van der Waals surface area contributed by atoms with E-state index < -0.39 is 0 Å². The predicted octanol–water partition coefficient (Wildman–Crippen LogP) is 4.18. The minimum atomic E-state index is -0.335. The van der Waals surface area contributed by atoms with Crippen molar-refractivity contribution in [1.29, 1.82) is 0 Å². The number of ether oxygens (including phenoxy) is 1. The van der Waals surface area contributed by atoms with Crippen LogP contribution < -0.4 is 4.74 Å². The lowest BCUT2D eigenvalue weighted by molar-refractivity contribution is 0.281. The van der Waals surface area contributed by atoms with Crippen LogP contribution in [0.15, 0.2) is 40.9 Å². The van der Waals surface area contributed by atoms with Gasteiger partial charge in [-0.25, -0.2) is 4.39 Å². The molecule has 0 amide bonds. The maximum absolute atomic E-state index is 13.1. The summed E-state index contributed by atoms with van der Waals surface area (Å²) in [4.78, 5) is 0. The second-order valence-electron chi connectivity index (χ2n) is 3.93. The molecule has 2 rings (SSSR count). The van der Waals surface area contributed by atoms with E-state index in [4.69, 9.17) is 9.84 Å². The van der Waals surface area contributed by atoms with Gasteiger partial charge in [0.25, 0.3) is 0 Å². The molecule has 4 heteroatoms. The molecule has 0 aliphatic heterocycles. The number of benzene rings is 2. The van der Waals surface area contributed by atoms with Crippen molar-refractivity contribution in [2.24, 2.45) is 0 Å². The fraction of sp³-hybridized carbons (Fsp3) is 0.143. The standard InChI is InChI=1S/C14H12BrFO2/c1-9-2-4-11(16)7-14(9)18-13-5-3-10(8-17)6-12(13)15/h2-7,17H,8H2,1H3. The molecule has 0 bridgehead atoms. The Labute approximate surface area is 113 Å². The first-order valence-electron chi connectivity index (χ1n) is 5.43. The molecular formula is C14H12BrFO2. The highest BCUT2D eigenvalue weighted by Crippen LogP contribution is 2.32. The number of rotatable bonds is 3. The molecule has 0 saturated carbocycles. The van der Waals surface area contributed by atoms with Crippen LogP contribution in [0.5, 0.6) is 11.5 Å². The van der Waals surface area contributed by atoms with Crippen LogP contribution in [-0.4, -0.2) is 5.11 Å². The number of hydrogen-bond acceptors (Lipinski definition) is 2. The number of aliphatic hydroxyl groups is 1. The summed E-state index contributed by atoms with van der Waals surface area (Å²) in [7, 11) is 0. The summed E-state index contributed by atoms with van der Waals surface area (Å²) in [5.74, 6) is 0.729. The normalized spacial score (nSPS) is 10.4. The molecule has 1 N–H and O–H groups in total. The molecule has 18 heavy (non-hydrogen) atoms. The van der Waals surface area contributed by atoms with E-state index in [1.165, 1.54) is 12.1 Å². The van der Waals surface area contributed by atoms with Crippen LogP contribution in [0, 0.1) is 12.7 Å². The van der Waals surface area contributed by atoms with Crippen LogP contribution >= 0.6 is 15.9 Å². The Morgan fingerprint density at radius 1 is 1.17 bits per heavy atom. The minimum absolute atomic E-state index is 0.0299. The average Bonchev–Trinajstić information content (AvgIpc) is 2.36. The first-order valence-corrected chi connectivity index (χ1v) is 6.23. The number of hydrogen-bond donors (Lipinski definition) is 1. The monoisotopic (exact) mass is 310 g/mol. The second kappa shape index (κ2) is 5.50. The highest BCUT2D eigenvalue weighted by Gasteiger charge is 2.07. The van der Waals surface area contributed by atoms with E-state index in [9.17, 15) is 4.39 Å². The average molecular weight is 311 g/mol. The molecule has 0 spiro atoms. The van der Waals surface area contributed by atoms with E-state index >= 15 is 0 Å². The first-order chi connectivity index (χ1) is 8.60. The third-order valence-corrected chi connectivity index (χ3v) is 3.17. The number of aliphatic hydroxyl groups excluding tert-OH is 1. The molecule has 0 aromatic heterocycles. The predicted molar refractivity (Wildman–Crippen MR) is 71.3 cm³/mol. The van der Waals surface area contributed by atoms with E-state index in [0.717, 1.165) is 15.6 Å². The highest BCUT2D eigenvalue weighted by atomic mass is 79.9. The van der Waals surface area contributed by atoms with Crippen LogP contribution in [0.4, 0.5) is 4.39 Å². The highest BCUT2D eigenvalue weighted by molar-refractivity contribution is 9.10. The fourth-order valence-electron chi connectivity index (χ4n) is 1.53. The molecule has 0 aliphatic rings. The molecule has 94 valence electrons. The van der Waals surface area contributed by atoms with Crippen LogP contribution in [-0.2, 0) is 6.61 Å². The zero-order valence-electron chi connectivity index (χ0n) is 9.78. The van der Waals surface area contributed by atoms with Crippen molar-refractivity contribution < 1.29 is 14.2 Å². The van der Waals surface area contributed by atoms with Crippen molar-refractivity contribution in [3.05, 3.63) is 57.8 Å². The van der Waals surface area contributed by atoms with Crippen LogP contribution in [0.3, 0.4) is 0 Å². The maximum atomic E-state index is 13.1. The van der Waals surface area contributed by atoms with E-state index in [2.05, 4.69) is 15.9 Å². The van der Waals surface area contributed by atoms with Gasteiger partial charge >= 0.3 is 0 Å². The van der Waals surface area contributed by atoms with E-state index in [0.29, 0.717) is 11.5 Å². The lowest BCUT2D eigenvalue weighted by Gasteiger charge is -2.11. The van der Waals surface area contributed by atoms with Crippen LogP contribution in [0.1, 0.15) is 11.1 Å². The molecule has 2 aromatic carbocycles. The van der Waals surface area contributed by atoms with Gasteiger partial charge in [-0.15, -0.1) is 0 Å². The SMILES string of the molecule is Cc1ccc(F)cc1Oc1ccc(CO)cc1Br. The number of aryl methyl sites for hydroxylation is 1. The molecule has 0 radical (unpaired) electrons. The van der Waals surface area contributed by atoms with E-state index in [-0.39, 0.29) is 12.4 Å². The molecule has 0 atom stereocenters. The van der Waals surface area contributed by atoms with Gasteiger partial charge in [0.05, 0.1) is 11.1 Å². The maximum Gasteiger partial charge on any atom is 0.141 e. The van der Waals surface area contributed by atoms with Crippen molar-refractivity contribution >= 4 is 15.9 Å². The smallest absolute Gasteiger partial charge is 0.141 e. The fourth-order valence-corrected chi connectivity index (χ4v) is 2.03. The van der Waals surface area contributed by atoms with Gasteiger partial charge < -0.3 is 9.84 Å². The summed E-state index contributed by atoms with van der Waals surface area (Å²) >= 11 is 3.36. The Bertz CT molecular complexity index is 570. The van der Waals surface area contributed by atoms with Gasteiger partial charge in [0, 0.05) is 6.07 Å². The summed E-state index contributed by atoms with van der Waals surface area (Å²) in [6.07, 6.45) is 0. The third kappa shape index (κ3) is 2.89. The topological polar surface area (TPSA) is 29.5 Å². The molecule has 0 fully saturated rings. The molecule has 0 saturated heterocycles. The van der Waals surface area contributed by atoms with Gasteiger partial charge in [-0.05, 0) is 52.2 Å². The molecule has 0 unspecified atom stereocenters. The van der Waals surface area contributed by atoms with Crippen molar-refractivity contribution in [3.8, 4) is 11.5 Å². The summed E-state index contributed by atoms with van der Waals surface area (Å²) in [6.45, 7) is 1.82. The minimum Gasteiger partial charge on any atom is -0.456 e. The lowest BCUT2D eigenvalue weighted by Crippen LogP contribution is -1.91. The zero-order chi connectivity index (χ0) is 13.1. The van der Waals surface area contributed by atoms with Gasteiger partial charge in [0.2, 0.25) is 0 Å². The van der Waals surface area contributed by atoms with Gasteiger partial charge in [-0.2, -0.15) is 0 Å². The molecule has 2 aromatic rings. The van der Waals surface area contributed by atoms with Gasteiger partial charge in [0.15, 0.2) is 0 Å². The summed E-state index contributed by atoms with van der Waals surface area (Å²) < 4.78 is 19.5.